The number of rotatable bonds is 2. The third-order valence-electron chi connectivity index (χ3n) is 6.46. The lowest BCUT2D eigenvalue weighted by Gasteiger charge is -2.55. The molecule has 2 heterocycles. The largest absolute Gasteiger partial charge is 0.467 e. The van der Waals surface area contributed by atoms with E-state index >= 15 is 0 Å². The van der Waals surface area contributed by atoms with Gasteiger partial charge in [0, 0.05) is 23.9 Å². The SMILES string of the molecule is Cc1cccc(NC(=O)C2C(=O)N[C@]34CCCCC3C2c2ccccc2O4)c1. The van der Waals surface area contributed by atoms with Gasteiger partial charge in [-0.3, -0.25) is 9.59 Å². The Bertz CT molecular complexity index is 956. The second-order valence-corrected chi connectivity index (χ2v) is 8.23. The van der Waals surface area contributed by atoms with Crippen LogP contribution in [0.25, 0.3) is 0 Å². The van der Waals surface area contributed by atoms with E-state index in [1.807, 2.05) is 55.5 Å². The highest BCUT2D eigenvalue weighted by molar-refractivity contribution is 6.08. The smallest absolute Gasteiger partial charge is 0.237 e. The first kappa shape index (κ1) is 17.3. The first-order valence-electron chi connectivity index (χ1n) is 10.0. The molecule has 144 valence electrons. The zero-order valence-corrected chi connectivity index (χ0v) is 15.9. The summed E-state index contributed by atoms with van der Waals surface area (Å²) in [6.07, 6.45) is 3.86. The number of aryl methyl sites for hydroxylation is 1. The van der Waals surface area contributed by atoms with Crippen molar-refractivity contribution in [2.75, 3.05) is 5.32 Å². The van der Waals surface area contributed by atoms with Crippen LogP contribution in [0.2, 0.25) is 0 Å². The highest BCUT2D eigenvalue weighted by Gasteiger charge is 2.60. The fraction of sp³-hybridized carbons (Fsp3) is 0.391. The number of piperidine rings is 1. The third-order valence-corrected chi connectivity index (χ3v) is 6.46. The number of hydrogen-bond donors (Lipinski definition) is 2. The monoisotopic (exact) mass is 376 g/mol. The molecule has 1 saturated carbocycles. The molecular formula is C23H24N2O3. The molecule has 5 rings (SSSR count). The van der Waals surface area contributed by atoms with E-state index in [9.17, 15) is 9.59 Å². The van der Waals surface area contributed by atoms with Crippen LogP contribution in [0.1, 0.15) is 42.7 Å². The van der Waals surface area contributed by atoms with Crippen molar-refractivity contribution in [3.8, 4) is 5.75 Å². The topological polar surface area (TPSA) is 67.4 Å². The van der Waals surface area contributed by atoms with Crippen LogP contribution < -0.4 is 15.4 Å². The molecule has 2 amide bonds. The molecule has 0 aromatic heterocycles. The van der Waals surface area contributed by atoms with Crippen LogP contribution in [-0.2, 0) is 9.59 Å². The molecule has 2 fully saturated rings. The standard InChI is InChI=1S/C23H24N2O3/c1-14-7-6-8-15(13-14)24-21(26)20-19-16-9-2-3-11-18(16)28-23(25-22(20)27)12-5-4-10-17(19)23/h2-3,6-9,11,13,17,19-20H,4-5,10,12H2,1H3,(H,24,26)(H,25,27)/t17?,19?,20?,23-/m0/s1. The van der Waals surface area contributed by atoms with Crippen LogP contribution in [0, 0.1) is 18.8 Å². The van der Waals surface area contributed by atoms with Crippen LogP contribution in [0.4, 0.5) is 5.69 Å². The van der Waals surface area contributed by atoms with Gasteiger partial charge in [0.15, 0.2) is 5.72 Å². The Morgan fingerprint density at radius 1 is 1.18 bits per heavy atom. The zero-order valence-electron chi connectivity index (χ0n) is 15.9. The second kappa shape index (κ2) is 6.36. The van der Waals surface area contributed by atoms with Gasteiger partial charge in [0.2, 0.25) is 11.8 Å². The quantitative estimate of drug-likeness (QED) is 0.785. The van der Waals surface area contributed by atoms with Gasteiger partial charge in [0.25, 0.3) is 0 Å². The van der Waals surface area contributed by atoms with Gasteiger partial charge in [-0.1, -0.05) is 36.8 Å². The maximum absolute atomic E-state index is 13.3. The predicted octanol–water partition coefficient (Wildman–Crippen LogP) is 3.74. The van der Waals surface area contributed by atoms with E-state index in [2.05, 4.69) is 10.6 Å². The molecule has 0 spiro atoms. The van der Waals surface area contributed by atoms with Crippen LogP contribution in [-0.4, -0.2) is 17.5 Å². The third kappa shape index (κ3) is 2.60. The minimum atomic E-state index is -0.762. The first-order chi connectivity index (χ1) is 13.6. The number of ether oxygens (including phenoxy) is 1. The summed E-state index contributed by atoms with van der Waals surface area (Å²) in [4.78, 5) is 26.4. The Morgan fingerprint density at radius 3 is 2.89 bits per heavy atom. The summed E-state index contributed by atoms with van der Waals surface area (Å²) in [5.74, 6) is -0.501. The van der Waals surface area contributed by atoms with E-state index in [1.54, 1.807) is 0 Å². The van der Waals surface area contributed by atoms with Crippen LogP contribution in [0.5, 0.6) is 5.75 Å². The van der Waals surface area contributed by atoms with Crippen molar-refractivity contribution in [1.29, 1.82) is 0 Å². The van der Waals surface area contributed by atoms with Gasteiger partial charge < -0.3 is 15.4 Å². The van der Waals surface area contributed by atoms with Gasteiger partial charge in [0.05, 0.1) is 0 Å². The number of para-hydroxylation sites is 1. The normalized spacial score (nSPS) is 30.3. The molecular weight excluding hydrogens is 352 g/mol. The minimum Gasteiger partial charge on any atom is -0.467 e. The summed E-state index contributed by atoms with van der Waals surface area (Å²) in [5.41, 5.74) is 2.09. The maximum Gasteiger partial charge on any atom is 0.237 e. The van der Waals surface area contributed by atoms with Gasteiger partial charge in [-0.05, 0) is 49.1 Å². The highest BCUT2D eigenvalue weighted by atomic mass is 16.5. The summed E-state index contributed by atoms with van der Waals surface area (Å²) >= 11 is 0. The predicted molar refractivity (Wildman–Crippen MR) is 106 cm³/mol. The molecule has 3 aliphatic rings. The molecule has 4 atom stereocenters. The Labute approximate surface area is 164 Å². The van der Waals surface area contributed by atoms with Crippen LogP contribution in [0.3, 0.4) is 0 Å². The highest BCUT2D eigenvalue weighted by Crippen LogP contribution is 2.55. The van der Waals surface area contributed by atoms with Crippen LogP contribution >= 0.6 is 0 Å². The van der Waals surface area contributed by atoms with Crippen molar-refractivity contribution < 1.29 is 14.3 Å². The van der Waals surface area contributed by atoms with Crippen LogP contribution in [0.15, 0.2) is 48.5 Å². The summed E-state index contributed by atoms with van der Waals surface area (Å²) < 4.78 is 6.36. The molecule has 1 aliphatic carbocycles. The molecule has 2 aliphatic heterocycles. The number of benzene rings is 2. The molecule has 2 N–H and O–H groups in total. The van der Waals surface area contributed by atoms with Gasteiger partial charge in [-0.2, -0.15) is 0 Å². The van der Waals surface area contributed by atoms with E-state index in [-0.39, 0.29) is 23.7 Å². The van der Waals surface area contributed by atoms with E-state index in [1.165, 1.54) is 0 Å². The second-order valence-electron chi connectivity index (χ2n) is 8.23. The lowest BCUT2D eigenvalue weighted by molar-refractivity contribution is -0.160. The van der Waals surface area contributed by atoms with Crippen molar-refractivity contribution in [2.45, 2.75) is 44.2 Å². The number of amides is 2. The molecule has 2 aromatic rings. The zero-order chi connectivity index (χ0) is 19.3. The van der Waals surface area contributed by atoms with Crippen molar-refractivity contribution in [3.05, 3.63) is 59.7 Å². The molecule has 5 heteroatoms. The van der Waals surface area contributed by atoms with Gasteiger partial charge >= 0.3 is 0 Å². The van der Waals surface area contributed by atoms with E-state index < -0.39 is 11.6 Å². The van der Waals surface area contributed by atoms with E-state index in [0.717, 1.165) is 48.2 Å². The Hall–Kier alpha value is -2.82. The molecule has 1 saturated heterocycles. The summed E-state index contributed by atoms with van der Waals surface area (Å²) in [7, 11) is 0. The van der Waals surface area contributed by atoms with Crippen molar-refractivity contribution >= 4 is 17.5 Å². The number of anilines is 1. The fourth-order valence-corrected chi connectivity index (χ4v) is 5.30. The van der Waals surface area contributed by atoms with Gasteiger partial charge in [-0.25, -0.2) is 0 Å². The number of hydrogen-bond acceptors (Lipinski definition) is 3. The van der Waals surface area contributed by atoms with Crippen molar-refractivity contribution in [3.63, 3.8) is 0 Å². The minimum absolute atomic E-state index is 0.113. The fourth-order valence-electron chi connectivity index (χ4n) is 5.30. The van der Waals surface area contributed by atoms with Crippen molar-refractivity contribution in [1.82, 2.24) is 5.32 Å². The molecule has 28 heavy (non-hydrogen) atoms. The average molecular weight is 376 g/mol. The van der Waals surface area contributed by atoms with Crippen molar-refractivity contribution in [2.24, 2.45) is 11.8 Å². The van der Waals surface area contributed by atoms with E-state index in [4.69, 9.17) is 4.74 Å². The number of fused-ring (bicyclic) bond motifs is 2. The maximum atomic E-state index is 13.3. The number of carbonyl (C=O) groups excluding carboxylic acids is 2. The molecule has 2 aromatic carbocycles. The summed E-state index contributed by atoms with van der Waals surface area (Å²) in [5, 5.41) is 6.08. The Balaban J connectivity index is 1.55. The Kier molecular flexibility index (Phi) is 3.93. The molecule has 3 unspecified atom stereocenters. The molecule has 2 bridgehead atoms. The Morgan fingerprint density at radius 2 is 2.04 bits per heavy atom. The summed E-state index contributed by atoms with van der Waals surface area (Å²) in [6, 6.07) is 15.5. The first-order valence-corrected chi connectivity index (χ1v) is 10.0. The average Bonchev–Trinajstić information content (AvgIpc) is 2.67. The van der Waals surface area contributed by atoms with Gasteiger partial charge in [0.1, 0.15) is 11.7 Å². The molecule has 5 nitrogen and oxygen atoms in total. The number of carbonyl (C=O) groups is 2. The summed E-state index contributed by atoms with van der Waals surface area (Å²) in [6.45, 7) is 1.98. The lowest BCUT2D eigenvalue weighted by atomic mass is 9.62. The number of nitrogens with one attached hydrogen (secondary N) is 2. The van der Waals surface area contributed by atoms with E-state index in [0.29, 0.717) is 0 Å². The molecule has 0 radical (unpaired) electrons. The lowest BCUT2D eigenvalue weighted by Crippen LogP contribution is -2.69. The van der Waals surface area contributed by atoms with Gasteiger partial charge in [-0.15, -0.1) is 0 Å².